The van der Waals surface area contributed by atoms with E-state index in [1.54, 1.807) is 6.92 Å². The fourth-order valence-electron chi connectivity index (χ4n) is 1.16. The summed E-state index contributed by atoms with van der Waals surface area (Å²) in [6, 6.07) is 3.92. The van der Waals surface area contributed by atoms with Crippen molar-refractivity contribution in [1.82, 2.24) is 0 Å². The highest BCUT2D eigenvalue weighted by Gasteiger charge is 2.10. The Bertz CT molecular complexity index is 392. The molecule has 0 fully saturated rings. The van der Waals surface area contributed by atoms with Gasteiger partial charge in [0.15, 0.2) is 0 Å². The molecule has 1 unspecified atom stereocenters. The summed E-state index contributed by atoms with van der Waals surface area (Å²) in [4.78, 5) is 0. The fraction of sp³-hybridized carbons (Fsp3) is 0.273. The highest BCUT2D eigenvalue weighted by Crippen LogP contribution is 2.26. The van der Waals surface area contributed by atoms with E-state index in [-0.39, 0.29) is 12.4 Å². The lowest BCUT2D eigenvalue weighted by atomic mass is 10.1. The summed E-state index contributed by atoms with van der Waals surface area (Å²) in [6.07, 6.45) is -0.741. The van der Waals surface area contributed by atoms with Gasteiger partial charge in [0.25, 0.3) is 0 Å². The number of aliphatic hydroxyl groups is 1. The zero-order chi connectivity index (χ0) is 12.1. The van der Waals surface area contributed by atoms with Crippen molar-refractivity contribution < 1.29 is 14.2 Å². The third-order valence-corrected chi connectivity index (χ3v) is 2.50. The minimum absolute atomic E-state index is 0.0359. The number of ether oxygens (including phenoxy) is 1. The van der Waals surface area contributed by atoms with Gasteiger partial charge in [0, 0.05) is 17.2 Å². The standard InChI is InChI=1S/C11H11Cl2FO2/c1-7(15)10-3-2-9(14)4-11(10)16-6-8(13)5-12/h2-5,7,15H,6H2,1H3. The van der Waals surface area contributed by atoms with Crippen LogP contribution in [0.3, 0.4) is 0 Å². The molecule has 0 bridgehead atoms. The van der Waals surface area contributed by atoms with Gasteiger partial charge in [0.05, 0.1) is 11.1 Å². The van der Waals surface area contributed by atoms with Crippen molar-refractivity contribution in [2.24, 2.45) is 0 Å². The summed E-state index contributed by atoms with van der Waals surface area (Å²) in [5.74, 6) is -0.183. The van der Waals surface area contributed by atoms with Crippen molar-refractivity contribution in [2.75, 3.05) is 6.61 Å². The summed E-state index contributed by atoms with van der Waals surface area (Å²) in [5.41, 5.74) is 1.67. The molecular weight excluding hydrogens is 254 g/mol. The molecule has 0 aliphatic carbocycles. The number of benzene rings is 1. The lowest BCUT2D eigenvalue weighted by Gasteiger charge is -2.13. The summed E-state index contributed by atoms with van der Waals surface area (Å²) < 4.78 is 18.2. The van der Waals surface area contributed by atoms with Crippen LogP contribution in [0.15, 0.2) is 28.8 Å². The number of rotatable bonds is 4. The second-order valence-electron chi connectivity index (χ2n) is 3.20. The van der Waals surface area contributed by atoms with Gasteiger partial charge in [0.2, 0.25) is 0 Å². The normalized spacial score (nSPS) is 13.7. The van der Waals surface area contributed by atoms with Crippen molar-refractivity contribution in [2.45, 2.75) is 13.0 Å². The van der Waals surface area contributed by atoms with Gasteiger partial charge in [-0.05, 0) is 19.1 Å². The van der Waals surface area contributed by atoms with Gasteiger partial charge in [-0.3, -0.25) is 0 Å². The van der Waals surface area contributed by atoms with Crippen molar-refractivity contribution in [1.29, 1.82) is 0 Å². The first kappa shape index (κ1) is 13.3. The Labute approximate surface area is 103 Å². The lowest BCUT2D eigenvalue weighted by Crippen LogP contribution is -2.02. The molecular formula is C11H11Cl2FO2. The maximum absolute atomic E-state index is 13.0. The molecule has 0 aromatic heterocycles. The molecule has 1 aromatic carbocycles. The van der Waals surface area contributed by atoms with E-state index in [4.69, 9.17) is 27.9 Å². The van der Waals surface area contributed by atoms with Crippen LogP contribution in [0.25, 0.3) is 0 Å². The molecule has 1 aromatic rings. The van der Waals surface area contributed by atoms with Crippen LogP contribution < -0.4 is 4.74 Å². The average molecular weight is 265 g/mol. The summed E-state index contributed by atoms with van der Waals surface area (Å²) in [7, 11) is 0. The molecule has 0 aliphatic heterocycles. The predicted molar refractivity (Wildman–Crippen MR) is 62.3 cm³/mol. The van der Waals surface area contributed by atoms with Crippen LogP contribution in [0.4, 0.5) is 4.39 Å². The molecule has 1 N–H and O–H groups in total. The highest BCUT2D eigenvalue weighted by molar-refractivity contribution is 6.36. The van der Waals surface area contributed by atoms with Crippen LogP contribution in [0.1, 0.15) is 18.6 Å². The molecule has 1 rings (SSSR count). The van der Waals surface area contributed by atoms with E-state index in [1.165, 1.54) is 23.7 Å². The summed E-state index contributed by atoms with van der Waals surface area (Å²) >= 11 is 11.0. The van der Waals surface area contributed by atoms with E-state index in [0.29, 0.717) is 10.6 Å². The van der Waals surface area contributed by atoms with Crippen molar-refractivity contribution in [3.8, 4) is 5.75 Å². The minimum atomic E-state index is -0.741. The molecule has 0 radical (unpaired) electrons. The Balaban J connectivity index is 2.88. The van der Waals surface area contributed by atoms with E-state index in [1.807, 2.05) is 0 Å². The first-order valence-electron chi connectivity index (χ1n) is 4.59. The smallest absolute Gasteiger partial charge is 0.128 e. The van der Waals surface area contributed by atoms with E-state index in [0.717, 1.165) is 0 Å². The predicted octanol–water partition coefficient (Wildman–Crippen LogP) is 3.58. The summed E-state index contributed by atoms with van der Waals surface area (Å²) in [6.45, 7) is 1.60. The van der Waals surface area contributed by atoms with Gasteiger partial charge in [-0.1, -0.05) is 23.2 Å². The van der Waals surface area contributed by atoms with E-state index in [2.05, 4.69) is 0 Å². The van der Waals surface area contributed by atoms with Gasteiger partial charge in [-0.25, -0.2) is 4.39 Å². The molecule has 0 heterocycles. The number of aliphatic hydroxyl groups excluding tert-OH is 1. The average Bonchev–Trinajstić information content (AvgIpc) is 2.25. The van der Waals surface area contributed by atoms with Gasteiger partial charge < -0.3 is 9.84 Å². The van der Waals surface area contributed by atoms with Crippen LogP contribution in [0.5, 0.6) is 5.75 Å². The molecule has 1 atom stereocenters. The van der Waals surface area contributed by atoms with Crippen molar-refractivity contribution in [3.05, 3.63) is 40.1 Å². The number of hydrogen-bond donors (Lipinski definition) is 1. The molecule has 0 spiro atoms. The van der Waals surface area contributed by atoms with Crippen LogP contribution in [0, 0.1) is 5.82 Å². The first-order valence-corrected chi connectivity index (χ1v) is 5.41. The number of hydrogen-bond acceptors (Lipinski definition) is 2. The van der Waals surface area contributed by atoms with Crippen molar-refractivity contribution >= 4 is 23.2 Å². The van der Waals surface area contributed by atoms with Gasteiger partial charge in [-0.2, -0.15) is 0 Å². The molecule has 0 saturated carbocycles. The molecule has 2 nitrogen and oxygen atoms in total. The molecule has 0 saturated heterocycles. The van der Waals surface area contributed by atoms with Crippen LogP contribution >= 0.6 is 23.2 Å². The molecule has 5 heteroatoms. The monoisotopic (exact) mass is 264 g/mol. The summed E-state index contributed by atoms with van der Waals surface area (Å²) in [5, 5.41) is 9.74. The quantitative estimate of drug-likeness (QED) is 0.901. The van der Waals surface area contributed by atoms with Crippen LogP contribution in [0.2, 0.25) is 0 Å². The van der Waals surface area contributed by atoms with E-state index in [9.17, 15) is 9.50 Å². The lowest BCUT2D eigenvalue weighted by molar-refractivity contribution is 0.192. The van der Waals surface area contributed by atoms with Crippen LogP contribution in [-0.4, -0.2) is 11.7 Å². The zero-order valence-corrected chi connectivity index (χ0v) is 10.1. The Kier molecular flexibility index (Phi) is 5.06. The topological polar surface area (TPSA) is 29.5 Å². The zero-order valence-electron chi connectivity index (χ0n) is 8.58. The van der Waals surface area contributed by atoms with Gasteiger partial charge in [0.1, 0.15) is 18.2 Å². The fourth-order valence-corrected chi connectivity index (χ4v) is 1.27. The molecule has 16 heavy (non-hydrogen) atoms. The third-order valence-electron chi connectivity index (χ3n) is 1.91. The number of halogens is 3. The Morgan fingerprint density at radius 3 is 2.88 bits per heavy atom. The second kappa shape index (κ2) is 6.09. The van der Waals surface area contributed by atoms with Gasteiger partial charge in [-0.15, -0.1) is 0 Å². The maximum Gasteiger partial charge on any atom is 0.128 e. The highest BCUT2D eigenvalue weighted by atomic mass is 35.5. The third kappa shape index (κ3) is 3.67. The first-order chi connectivity index (χ1) is 7.54. The van der Waals surface area contributed by atoms with Crippen molar-refractivity contribution in [3.63, 3.8) is 0 Å². The Hall–Kier alpha value is -0.770. The second-order valence-corrected chi connectivity index (χ2v) is 3.91. The Morgan fingerprint density at radius 1 is 1.62 bits per heavy atom. The van der Waals surface area contributed by atoms with Crippen LogP contribution in [-0.2, 0) is 0 Å². The van der Waals surface area contributed by atoms with E-state index < -0.39 is 11.9 Å². The maximum atomic E-state index is 13.0. The SMILES string of the molecule is CC(O)c1ccc(F)cc1OCC(Cl)=CCl. The largest absolute Gasteiger partial charge is 0.487 e. The minimum Gasteiger partial charge on any atom is -0.487 e. The van der Waals surface area contributed by atoms with E-state index >= 15 is 0 Å². The Morgan fingerprint density at radius 2 is 2.31 bits per heavy atom. The van der Waals surface area contributed by atoms with Gasteiger partial charge >= 0.3 is 0 Å². The molecule has 0 aliphatic rings. The molecule has 88 valence electrons. The molecule has 0 amide bonds.